The first kappa shape index (κ1) is 14.2. The van der Waals surface area contributed by atoms with Gasteiger partial charge in [0.1, 0.15) is 11.5 Å². The largest absolute Gasteiger partial charge is 0.495 e. The fourth-order valence-electron chi connectivity index (χ4n) is 2.82. The molecular weight excluding hydrogens is 278 g/mol. The third-order valence-electron chi connectivity index (χ3n) is 3.65. The van der Waals surface area contributed by atoms with Gasteiger partial charge in [0.05, 0.1) is 14.2 Å². The van der Waals surface area contributed by atoms with Gasteiger partial charge in [-0.3, -0.25) is 4.79 Å². The van der Waals surface area contributed by atoms with Crippen LogP contribution in [0.25, 0.3) is 21.5 Å². The Kier molecular flexibility index (Phi) is 3.59. The van der Waals surface area contributed by atoms with Crippen molar-refractivity contribution in [2.75, 3.05) is 19.5 Å². The highest BCUT2D eigenvalue weighted by Gasteiger charge is 2.15. The summed E-state index contributed by atoms with van der Waals surface area (Å²) in [5, 5.41) is 6.64. The van der Waals surface area contributed by atoms with Crippen molar-refractivity contribution in [2.24, 2.45) is 0 Å². The average Bonchev–Trinajstić information content (AvgIpc) is 2.51. The number of rotatable bonds is 3. The van der Waals surface area contributed by atoms with Crippen molar-refractivity contribution in [2.45, 2.75) is 6.92 Å². The number of hydrogen-bond acceptors (Lipinski definition) is 3. The van der Waals surface area contributed by atoms with Crippen LogP contribution in [0, 0.1) is 0 Å². The number of ether oxygens (including phenoxy) is 2. The molecule has 22 heavy (non-hydrogen) atoms. The molecule has 112 valence electrons. The van der Waals surface area contributed by atoms with Crippen LogP contribution in [0.1, 0.15) is 6.92 Å². The van der Waals surface area contributed by atoms with Crippen LogP contribution in [-0.4, -0.2) is 20.1 Å². The summed E-state index contributed by atoms with van der Waals surface area (Å²) in [6.45, 7) is 1.49. The second-order valence-electron chi connectivity index (χ2n) is 5.05. The van der Waals surface area contributed by atoms with E-state index in [9.17, 15) is 4.79 Å². The van der Waals surface area contributed by atoms with Gasteiger partial charge in [0.2, 0.25) is 5.91 Å². The van der Waals surface area contributed by atoms with E-state index in [1.807, 2.05) is 42.5 Å². The minimum Gasteiger partial charge on any atom is -0.495 e. The number of anilines is 1. The maximum absolute atomic E-state index is 11.3. The number of carbonyl (C=O) groups is 1. The van der Waals surface area contributed by atoms with Gasteiger partial charge < -0.3 is 14.8 Å². The molecule has 0 fully saturated rings. The van der Waals surface area contributed by atoms with E-state index in [0.717, 1.165) is 38.7 Å². The summed E-state index contributed by atoms with van der Waals surface area (Å²) in [5.74, 6) is 1.48. The Morgan fingerprint density at radius 1 is 0.864 bits per heavy atom. The number of amides is 1. The normalized spacial score (nSPS) is 10.7. The van der Waals surface area contributed by atoms with Gasteiger partial charge in [-0.15, -0.1) is 0 Å². The van der Waals surface area contributed by atoms with E-state index in [2.05, 4.69) is 5.32 Å². The lowest BCUT2D eigenvalue weighted by molar-refractivity contribution is -0.114. The van der Waals surface area contributed by atoms with E-state index in [4.69, 9.17) is 9.47 Å². The first-order chi connectivity index (χ1) is 10.7. The molecule has 0 saturated carbocycles. The van der Waals surface area contributed by atoms with E-state index < -0.39 is 0 Å². The average molecular weight is 295 g/mol. The smallest absolute Gasteiger partial charge is 0.221 e. The zero-order valence-electron chi connectivity index (χ0n) is 12.8. The van der Waals surface area contributed by atoms with Crippen molar-refractivity contribution in [3.8, 4) is 11.5 Å². The first-order valence-corrected chi connectivity index (χ1v) is 6.99. The van der Waals surface area contributed by atoms with E-state index in [1.54, 1.807) is 14.2 Å². The van der Waals surface area contributed by atoms with Crippen LogP contribution in [0.5, 0.6) is 11.5 Å². The van der Waals surface area contributed by atoms with Crippen LogP contribution in [0.15, 0.2) is 42.5 Å². The molecule has 0 heterocycles. The number of benzene rings is 3. The molecule has 4 nitrogen and oxygen atoms in total. The first-order valence-electron chi connectivity index (χ1n) is 6.99. The van der Waals surface area contributed by atoms with Gasteiger partial charge in [-0.1, -0.05) is 24.3 Å². The molecule has 1 amide bonds. The zero-order valence-corrected chi connectivity index (χ0v) is 12.8. The van der Waals surface area contributed by atoms with Gasteiger partial charge in [-0.2, -0.15) is 0 Å². The molecule has 0 saturated heterocycles. The summed E-state index contributed by atoms with van der Waals surface area (Å²) in [4.78, 5) is 11.3. The van der Waals surface area contributed by atoms with Crippen molar-refractivity contribution < 1.29 is 14.3 Å². The number of carbonyl (C=O) groups excluding carboxylic acids is 1. The van der Waals surface area contributed by atoms with E-state index >= 15 is 0 Å². The highest BCUT2D eigenvalue weighted by molar-refractivity contribution is 6.12. The topological polar surface area (TPSA) is 47.6 Å². The van der Waals surface area contributed by atoms with E-state index in [0.29, 0.717) is 0 Å². The molecule has 0 aliphatic rings. The number of hydrogen-bond donors (Lipinski definition) is 1. The Morgan fingerprint density at radius 3 is 1.95 bits per heavy atom. The molecule has 3 aromatic carbocycles. The van der Waals surface area contributed by atoms with Crippen molar-refractivity contribution in [1.82, 2.24) is 0 Å². The lowest BCUT2D eigenvalue weighted by Crippen LogP contribution is -2.05. The number of methoxy groups -OCH3 is 2. The molecule has 0 atom stereocenters. The molecule has 1 N–H and O–H groups in total. The minimum atomic E-state index is -0.105. The lowest BCUT2D eigenvalue weighted by atomic mass is 10.00. The second-order valence-corrected chi connectivity index (χ2v) is 5.05. The Hall–Kier alpha value is -2.75. The molecule has 0 aliphatic carbocycles. The van der Waals surface area contributed by atoms with Crippen molar-refractivity contribution in [3.05, 3.63) is 42.5 Å². The van der Waals surface area contributed by atoms with Crippen molar-refractivity contribution in [3.63, 3.8) is 0 Å². The summed E-state index contributed by atoms with van der Waals surface area (Å²) in [6.07, 6.45) is 0. The van der Waals surface area contributed by atoms with Gasteiger partial charge in [0.15, 0.2) is 0 Å². The van der Waals surface area contributed by atoms with E-state index in [1.165, 1.54) is 6.92 Å². The minimum absolute atomic E-state index is 0.105. The van der Waals surface area contributed by atoms with E-state index in [-0.39, 0.29) is 5.91 Å². The molecule has 0 bridgehead atoms. The Labute approximate surface area is 128 Å². The van der Waals surface area contributed by atoms with Crippen LogP contribution < -0.4 is 14.8 Å². The number of fused-ring (bicyclic) bond motifs is 2. The highest BCUT2D eigenvalue weighted by atomic mass is 16.5. The predicted molar refractivity (Wildman–Crippen MR) is 88.9 cm³/mol. The molecule has 0 aromatic heterocycles. The third-order valence-corrected chi connectivity index (χ3v) is 3.65. The van der Waals surface area contributed by atoms with Crippen LogP contribution in [-0.2, 0) is 4.79 Å². The SMILES string of the molecule is COc1c2ccccc2c(OC)c2cc(NC(C)=O)ccc12. The molecule has 0 spiro atoms. The van der Waals surface area contributed by atoms with Gasteiger partial charge >= 0.3 is 0 Å². The Balaban J connectivity index is 2.41. The summed E-state index contributed by atoms with van der Waals surface area (Å²) in [6, 6.07) is 13.7. The zero-order chi connectivity index (χ0) is 15.7. The van der Waals surface area contributed by atoms with Crippen LogP contribution in [0.3, 0.4) is 0 Å². The maximum atomic E-state index is 11.3. The number of nitrogens with one attached hydrogen (secondary N) is 1. The summed E-state index contributed by atoms with van der Waals surface area (Å²) >= 11 is 0. The van der Waals surface area contributed by atoms with Gasteiger partial charge in [-0.05, 0) is 18.2 Å². The van der Waals surface area contributed by atoms with Crippen molar-refractivity contribution in [1.29, 1.82) is 0 Å². The fraction of sp³-hybridized carbons (Fsp3) is 0.167. The second kappa shape index (κ2) is 5.56. The molecule has 0 radical (unpaired) electrons. The lowest BCUT2D eigenvalue weighted by Gasteiger charge is -2.15. The van der Waals surface area contributed by atoms with Gasteiger partial charge in [0, 0.05) is 34.2 Å². The molecule has 0 unspecified atom stereocenters. The quantitative estimate of drug-likeness (QED) is 0.744. The van der Waals surface area contributed by atoms with Crippen molar-refractivity contribution >= 4 is 33.1 Å². The summed E-state index contributed by atoms with van der Waals surface area (Å²) in [5.41, 5.74) is 0.732. The molecule has 4 heteroatoms. The van der Waals surface area contributed by atoms with Gasteiger partial charge in [0.25, 0.3) is 0 Å². The van der Waals surface area contributed by atoms with Crippen LogP contribution >= 0.6 is 0 Å². The van der Waals surface area contributed by atoms with Gasteiger partial charge in [-0.25, -0.2) is 0 Å². The standard InChI is InChI=1S/C18H17NO3/c1-11(20)19-12-8-9-15-16(10-12)18(22-3)14-7-5-4-6-13(14)17(15)21-2/h4-10H,1-3H3,(H,19,20). The molecule has 3 rings (SSSR count). The molecular formula is C18H17NO3. The summed E-state index contributed by atoms with van der Waals surface area (Å²) < 4.78 is 11.3. The molecule has 0 aliphatic heterocycles. The fourth-order valence-corrected chi connectivity index (χ4v) is 2.82. The highest BCUT2D eigenvalue weighted by Crippen LogP contribution is 2.43. The van der Waals surface area contributed by atoms with Crippen LogP contribution in [0.4, 0.5) is 5.69 Å². The third kappa shape index (κ3) is 2.22. The predicted octanol–water partition coefficient (Wildman–Crippen LogP) is 3.97. The summed E-state index contributed by atoms with van der Waals surface area (Å²) in [7, 11) is 3.31. The maximum Gasteiger partial charge on any atom is 0.221 e. The molecule has 3 aromatic rings. The Morgan fingerprint density at radius 2 is 1.41 bits per heavy atom. The monoisotopic (exact) mass is 295 g/mol. The van der Waals surface area contributed by atoms with Crippen LogP contribution in [0.2, 0.25) is 0 Å². The Bertz CT molecular complexity index is 871.